The van der Waals surface area contributed by atoms with E-state index in [4.69, 9.17) is 0 Å². The number of carbonyl (C=O) groups excluding carboxylic acids is 1. The van der Waals surface area contributed by atoms with Gasteiger partial charge < -0.3 is 10.4 Å². The van der Waals surface area contributed by atoms with Crippen molar-refractivity contribution in [3.63, 3.8) is 0 Å². The van der Waals surface area contributed by atoms with Crippen LogP contribution < -0.4 is 5.32 Å². The number of nitrogens with one attached hydrogen (secondary N) is 1. The van der Waals surface area contributed by atoms with Gasteiger partial charge >= 0.3 is 0 Å². The van der Waals surface area contributed by atoms with Crippen molar-refractivity contribution in [1.29, 1.82) is 0 Å². The lowest BCUT2D eigenvalue weighted by Crippen LogP contribution is -2.68. The molecule has 5 aliphatic carbocycles. The van der Waals surface area contributed by atoms with Crippen LogP contribution >= 0.6 is 0 Å². The zero-order valence-corrected chi connectivity index (χ0v) is 22.2. The smallest absolute Gasteiger partial charge is 0.207 e. The minimum absolute atomic E-state index is 0.0121. The lowest BCUT2D eigenvalue weighted by atomic mass is 9.32. The summed E-state index contributed by atoms with van der Waals surface area (Å²) in [5.41, 5.74) is 2.28. The van der Waals surface area contributed by atoms with Gasteiger partial charge in [0.1, 0.15) is 0 Å². The summed E-state index contributed by atoms with van der Waals surface area (Å²) < 4.78 is 0. The molecule has 10 atom stereocenters. The number of aliphatic hydroxyl groups excluding tert-OH is 1. The third-order valence-corrected chi connectivity index (χ3v) is 13.4. The fourth-order valence-corrected chi connectivity index (χ4v) is 11.5. The van der Waals surface area contributed by atoms with Crippen LogP contribution in [0.15, 0.2) is 12.2 Å². The van der Waals surface area contributed by atoms with Crippen molar-refractivity contribution in [2.45, 2.75) is 117 Å². The van der Waals surface area contributed by atoms with Gasteiger partial charge in [-0.15, -0.1) is 0 Å². The molecule has 0 aliphatic heterocycles. The van der Waals surface area contributed by atoms with Crippen LogP contribution in [0.4, 0.5) is 0 Å². The zero-order valence-electron chi connectivity index (χ0n) is 22.2. The molecule has 0 aromatic heterocycles. The van der Waals surface area contributed by atoms with E-state index in [2.05, 4.69) is 53.4 Å². The number of fused-ring (bicyclic) bond motifs is 7. The van der Waals surface area contributed by atoms with Gasteiger partial charge in [0.05, 0.1) is 6.10 Å². The maximum absolute atomic E-state index is 11.8. The van der Waals surface area contributed by atoms with Crippen LogP contribution in [0, 0.1) is 51.2 Å². The summed E-state index contributed by atoms with van der Waals surface area (Å²) in [6.07, 6.45) is 12.8. The molecule has 186 valence electrons. The Morgan fingerprint density at radius 1 is 0.879 bits per heavy atom. The normalized spacial score (nSPS) is 54.9. The molecule has 0 radical (unpaired) electrons. The Labute approximate surface area is 202 Å². The van der Waals surface area contributed by atoms with Gasteiger partial charge in [0, 0.05) is 5.54 Å². The van der Waals surface area contributed by atoms with Gasteiger partial charge in [0.25, 0.3) is 0 Å². The molecule has 5 rings (SSSR count). The average molecular weight is 456 g/mol. The molecule has 0 heterocycles. The van der Waals surface area contributed by atoms with E-state index < -0.39 is 0 Å². The first kappa shape index (κ1) is 23.9. The third kappa shape index (κ3) is 2.87. The van der Waals surface area contributed by atoms with Gasteiger partial charge in [0.2, 0.25) is 6.41 Å². The Kier molecular flexibility index (Phi) is 5.31. The molecule has 5 fully saturated rings. The van der Waals surface area contributed by atoms with E-state index in [1.807, 2.05) is 0 Å². The van der Waals surface area contributed by atoms with Crippen LogP contribution in [-0.4, -0.2) is 23.2 Å². The molecule has 5 saturated carbocycles. The number of rotatable bonds is 3. The zero-order chi connectivity index (χ0) is 24.0. The van der Waals surface area contributed by atoms with Crippen molar-refractivity contribution < 1.29 is 9.90 Å². The van der Waals surface area contributed by atoms with E-state index in [0.717, 1.165) is 31.6 Å². The van der Waals surface area contributed by atoms with Crippen LogP contribution in [0.5, 0.6) is 0 Å². The fraction of sp³-hybridized carbons (Fsp3) is 0.900. The first-order valence-corrected chi connectivity index (χ1v) is 13.9. The summed E-state index contributed by atoms with van der Waals surface area (Å²) >= 11 is 0. The second kappa shape index (κ2) is 7.34. The second-order valence-corrected chi connectivity index (χ2v) is 14.5. The van der Waals surface area contributed by atoms with Gasteiger partial charge in [-0.3, -0.25) is 4.79 Å². The number of aliphatic hydroxyl groups is 1. The Hall–Kier alpha value is -0.830. The van der Waals surface area contributed by atoms with Gasteiger partial charge in [0.15, 0.2) is 0 Å². The maximum atomic E-state index is 11.8. The Balaban J connectivity index is 1.55. The molecule has 1 amide bonds. The topological polar surface area (TPSA) is 49.3 Å². The lowest BCUT2D eigenvalue weighted by Gasteiger charge is -2.73. The van der Waals surface area contributed by atoms with E-state index in [9.17, 15) is 9.90 Å². The molecule has 0 unspecified atom stereocenters. The largest absolute Gasteiger partial charge is 0.393 e. The lowest BCUT2D eigenvalue weighted by molar-refractivity contribution is -0.243. The highest BCUT2D eigenvalue weighted by atomic mass is 16.3. The molecule has 0 spiro atoms. The molecule has 0 bridgehead atoms. The standard InChI is InChI=1S/C30H49NO2/c1-19(2)20-10-15-30(31-18-32)17-16-28(6)21(25(20)30)8-9-23-27(5)13-12-24(33)26(3,4)22(27)11-14-29(23,28)7/h18,20-25,33H,1,8-17H2,2-7H3,(H,31,32)/t20-,21+,22-,23+,24-,25+,27-,28+,29+,30-/m0/s1. The summed E-state index contributed by atoms with van der Waals surface area (Å²) in [5.74, 6) is 3.07. The highest BCUT2D eigenvalue weighted by Crippen LogP contribution is 2.76. The van der Waals surface area contributed by atoms with Gasteiger partial charge in [-0.1, -0.05) is 46.8 Å². The van der Waals surface area contributed by atoms with Crippen LogP contribution in [0.3, 0.4) is 0 Å². The highest BCUT2D eigenvalue weighted by molar-refractivity contribution is 5.49. The van der Waals surface area contributed by atoms with Gasteiger partial charge in [-0.05, 0) is 122 Å². The number of hydrogen-bond donors (Lipinski definition) is 2. The second-order valence-electron chi connectivity index (χ2n) is 14.5. The summed E-state index contributed by atoms with van der Waals surface area (Å²) in [6.45, 7) is 19.2. The van der Waals surface area contributed by atoms with Crippen LogP contribution in [-0.2, 0) is 4.79 Å². The molecular weight excluding hydrogens is 406 g/mol. The maximum Gasteiger partial charge on any atom is 0.207 e. The molecule has 0 aromatic rings. The fourth-order valence-electron chi connectivity index (χ4n) is 11.5. The average Bonchev–Trinajstić information content (AvgIpc) is 3.12. The van der Waals surface area contributed by atoms with Gasteiger partial charge in [-0.2, -0.15) is 0 Å². The predicted molar refractivity (Wildman–Crippen MR) is 134 cm³/mol. The minimum Gasteiger partial charge on any atom is -0.393 e. The first-order chi connectivity index (χ1) is 15.4. The van der Waals surface area contributed by atoms with Crippen molar-refractivity contribution in [1.82, 2.24) is 5.32 Å². The Bertz CT molecular complexity index is 835. The molecule has 5 aliphatic rings. The van der Waals surface area contributed by atoms with Crippen LogP contribution in [0.1, 0.15) is 106 Å². The number of allylic oxidation sites excluding steroid dienone is 1. The van der Waals surface area contributed by atoms with Crippen LogP contribution in [0.2, 0.25) is 0 Å². The highest BCUT2D eigenvalue weighted by Gasteiger charge is 2.70. The van der Waals surface area contributed by atoms with E-state index in [1.54, 1.807) is 0 Å². The summed E-state index contributed by atoms with van der Waals surface area (Å²) in [4.78, 5) is 11.8. The SMILES string of the molecule is C=C(C)[C@@H]1CC[C@]2(NC=O)CC[C@]3(C)[C@H](CC[C@@H]4[C@@]5(C)CC[C@H](O)C(C)(C)[C@@H]5CC[C@]43C)[C@@H]12. The van der Waals surface area contributed by atoms with Crippen molar-refractivity contribution in [2.75, 3.05) is 0 Å². The molecule has 0 aromatic carbocycles. The first-order valence-electron chi connectivity index (χ1n) is 13.9. The Morgan fingerprint density at radius 3 is 2.27 bits per heavy atom. The van der Waals surface area contributed by atoms with Crippen molar-refractivity contribution in [3.05, 3.63) is 12.2 Å². The predicted octanol–water partition coefficient (Wildman–Crippen LogP) is 6.50. The molecule has 3 heteroatoms. The number of amides is 1. The van der Waals surface area contributed by atoms with Crippen molar-refractivity contribution in [2.24, 2.45) is 51.2 Å². The van der Waals surface area contributed by atoms with E-state index >= 15 is 0 Å². The van der Waals surface area contributed by atoms with Crippen LogP contribution in [0.25, 0.3) is 0 Å². The van der Waals surface area contributed by atoms with Crippen molar-refractivity contribution in [3.8, 4) is 0 Å². The Morgan fingerprint density at radius 2 is 1.61 bits per heavy atom. The number of hydrogen-bond acceptors (Lipinski definition) is 2. The van der Waals surface area contributed by atoms with Gasteiger partial charge in [-0.25, -0.2) is 0 Å². The number of carbonyl (C=O) groups is 1. The summed E-state index contributed by atoms with van der Waals surface area (Å²) in [6, 6.07) is 0. The molecular formula is C30H49NO2. The van der Waals surface area contributed by atoms with E-state index in [0.29, 0.717) is 39.9 Å². The monoisotopic (exact) mass is 455 g/mol. The van der Waals surface area contributed by atoms with Crippen molar-refractivity contribution >= 4 is 6.41 Å². The van der Waals surface area contributed by atoms with E-state index in [-0.39, 0.29) is 17.1 Å². The molecule has 0 saturated heterocycles. The summed E-state index contributed by atoms with van der Waals surface area (Å²) in [7, 11) is 0. The molecule has 2 N–H and O–H groups in total. The molecule has 33 heavy (non-hydrogen) atoms. The summed E-state index contributed by atoms with van der Waals surface area (Å²) in [5, 5.41) is 14.3. The van der Waals surface area contributed by atoms with E-state index in [1.165, 1.54) is 50.5 Å². The molecule has 3 nitrogen and oxygen atoms in total. The minimum atomic E-state index is -0.161. The third-order valence-electron chi connectivity index (χ3n) is 13.4. The quantitative estimate of drug-likeness (QED) is 0.377.